The highest BCUT2D eigenvalue weighted by atomic mass is 79.9. The Morgan fingerprint density at radius 1 is 1.58 bits per heavy atom. The van der Waals surface area contributed by atoms with E-state index in [-0.39, 0.29) is 6.61 Å². The highest BCUT2D eigenvalue weighted by molar-refractivity contribution is 9.10. The normalized spacial score (nSPS) is 10.9. The number of ether oxygens (including phenoxy) is 1. The van der Waals surface area contributed by atoms with Crippen molar-refractivity contribution in [3.8, 4) is 0 Å². The van der Waals surface area contributed by atoms with Crippen molar-refractivity contribution in [2.75, 3.05) is 13.7 Å². The summed E-state index contributed by atoms with van der Waals surface area (Å²) in [6.45, 7) is 0.614. The molecule has 102 valence electrons. The van der Waals surface area contributed by atoms with Crippen LogP contribution in [-0.4, -0.2) is 34.6 Å². The average molecular weight is 348 g/mol. The smallest absolute Gasteiger partial charge is 0.337 e. The van der Waals surface area contributed by atoms with Crippen LogP contribution in [0.4, 0.5) is 0 Å². The number of rotatable bonds is 4. The van der Waals surface area contributed by atoms with Crippen molar-refractivity contribution in [2.45, 2.75) is 13.0 Å². The first-order valence-corrected chi connectivity index (χ1v) is 6.80. The van der Waals surface area contributed by atoms with Gasteiger partial charge in [0.25, 0.3) is 0 Å². The van der Waals surface area contributed by atoms with Gasteiger partial charge in [-0.15, -0.1) is 0 Å². The van der Waals surface area contributed by atoms with Crippen molar-refractivity contribution < 1.29 is 14.6 Å². The number of aromatic nitrogens is 2. The standard InChI is InChI=1S/C12H12BrClN2O3/c1-19-12(18)7-5-8(14)10-9(6-7)16(3-2-4-17)15-11(10)13/h5-6,17H,2-4H2,1H3. The molecular weight excluding hydrogens is 336 g/mol. The average Bonchev–Trinajstić information content (AvgIpc) is 2.72. The van der Waals surface area contributed by atoms with Crippen molar-refractivity contribution in [1.82, 2.24) is 9.78 Å². The summed E-state index contributed by atoms with van der Waals surface area (Å²) in [7, 11) is 1.32. The number of aliphatic hydroxyl groups is 1. The minimum atomic E-state index is -0.449. The molecule has 0 aliphatic heterocycles. The molecule has 19 heavy (non-hydrogen) atoms. The van der Waals surface area contributed by atoms with E-state index in [9.17, 15) is 4.79 Å². The van der Waals surface area contributed by atoms with Gasteiger partial charge in [0, 0.05) is 13.2 Å². The maximum atomic E-state index is 11.6. The summed E-state index contributed by atoms with van der Waals surface area (Å²) in [5.41, 5.74) is 1.10. The number of aliphatic hydroxyl groups excluding tert-OH is 1. The Hall–Kier alpha value is -1.11. The Morgan fingerprint density at radius 2 is 2.32 bits per heavy atom. The Labute approximate surface area is 123 Å². The second-order valence-electron chi connectivity index (χ2n) is 3.93. The maximum Gasteiger partial charge on any atom is 0.337 e. The van der Waals surface area contributed by atoms with Gasteiger partial charge in [-0.05, 0) is 34.5 Å². The molecule has 0 bridgehead atoms. The molecule has 0 spiro atoms. The van der Waals surface area contributed by atoms with E-state index in [1.165, 1.54) is 7.11 Å². The summed E-state index contributed by atoms with van der Waals surface area (Å²) < 4.78 is 7.00. The van der Waals surface area contributed by atoms with Gasteiger partial charge in [0.2, 0.25) is 0 Å². The molecule has 0 saturated heterocycles. The number of halogens is 2. The van der Waals surface area contributed by atoms with Crippen molar-refractivity contribution in [3.05, 3.63) is 27.3 Å². The van der Waals surface area contributed by atoms with E-state index < -0.39 is 5.97 Å². The number of hydrogen-bond acceptors (Lipinski definition) is 4. The number of benzene rings is 1. The van der Waals surface area contributed by atoms with Crippen LogP contribution in [0.15, 0.2) is 16.7 Å². The van der Waals surface area contributed by atoms with Crippen LogP contribution in [0.25, 0.3) is 10.9 Å². The van der Waals surface area contributed by atoms with Crippen LogP contribution in [0.1, 0.15) is 16.8 Å². The molecule has 2 rings (SSSR count). The SMILES string of the molecule is COC(=O)c1cc(Cl)c2c(Br)nn(CCCO)c2c1. The quantitative estimate of drug-likeness (QED) is 0.864. The fourth-order valence-electron chi connectivity index (χ4n) is 1.84. The molecule has 1 aromatic heterocycles. The van der Waals surface area contributed by atoms with Gasteiger partial charge >= 0.3 is 5.97 Å². The lowest BCUT2D eigenvalue weighted by atomic mass is 10.1. The highest BCUT2D eigenvalue weighted by Gasteiger charge is 2.16. The lowest BCUT2D eigenvalue weighted by Gasteiger charge is -2.04. The van der Waals surface area contributed by atoms with E-state index in [0.717, 1.165) is 10.9 Å². The number of methoxy groups -OCH3 is 1. The molecule has 5 nitrogen and oxygen atoms in total. The van der Waals surface area contributed by atoms with Crippen LogP contribution in [0.2, 0.25) is 5.02 Å². The molecule has 0 aliphatic rings. The molecular formula is C12H12BrClN2O3. The highest BCUT2D eigenvalue weighted by Crippen LogP contribution is 2.32. The predicted octanol–water partition coefficient (Wildman–Crippen LogP) is 2.62. The van der Waals surface area contributed by atoms with E-state index in [4.69, 9.17) is 16.7 Å². The molecule has 7 heteroatoms. The first-order valence-electron chi connectivity index (χ1n) is 5.63. The van der Waals surface area contributed by atoms with E-state index in [2.05, 4.69) is 25.8 Å². The van der Waals surface area contributed by atoms with Gasteiger partial charge in [-0.1, -0.05) is 11.6 Å². The monoisotopic (exact) mass is 346 g/mol. The number of hydrogen-bond donors (Lipinski definition) is 1. The summed E-state index contributed by atoms with van der Waals surface area (Å²) in [5, 5.41) is 14.4. The van der Waals surface area contributed by atoms with Gasteiger partial charge in [0.1, 0.15) is 4.60 Å². The van der Waals surface area contributed by atoms with Crippen molar-refractivity contribution >= 4 is 44.4 Å². The Morgan fingerprint density at radius 3 is 2.95 bits per heavy atom. The second kappa shape index (κ2) is 5.90. The molecule has 0 radical (unpaired) electrons. The van der Waals surface area contributed by atoms with Crippen molar-refractivity contribution in [1.29, 1.82) is 0 Å². The number of nitrogens with zero attached hydrogens (tertiary/aromatic N) is 2. The molecule has 1 aromatic carbocycles. The Bertz CT molecular complexity index is 627. The van der Waals surface area contributed by atoms with Gasteiger partial charge in [-0.25, -0.2) is 4.79 Å². The van der Waals surface area contributed by atoms with E-state index >= 15 is 0 Å². The zero-order chi connectivity index (χ0) is 14.0. The topological polar surface area (TPSA) is 64.3 Å². The summed E-state index contributed by atoms with van der Waals surface area (Å²) >= 11 is 9.52. The molecule has 0 unspecified atom stereocenters. The lowest BCUT2D eigenvalue weighted by molar-refractivity contribution is 0.0601. The van der Waals surface area contributed by atoms with Gasteiger partial charge in [0.05, 0.1) is 28.6 Å². The lowest BCUT2D eigenvalue weighted by Crippen LogP contribution is -2.04. The third-order valence-corrected chi connectivity index (χ3v) is 3.56. The zero-order valence-corrected chi connectivity index (χ0v) is 12.5. The van der Waals surface area contributed by atoms with Crippen LogP contribution in [0.5, 0.6) is 0 Å². The van der Waals surface area contributed by atoms with Crippen LogP contribution in [-0.2, 0) is 11.3 Å². The first kappa shape index (κ1) is 14.3. The number of carbonyl (C=O) groups excluding carboxylic acids is 1. The van der Waals surface area contributed by atoms with Crippen LogP contribution >= 0.6 is 27.5 Å². The number of fused-ring (bicyclic) bond motifs is 1. The van der Waals surface area contributed by atoms with Crippen LogP contribution < -0.4 is 0 Å². The Kier molecular flexibility index (Phi) is 4.44. The van der Waals surface area contributed by atoms with Crippen LogP contribution in [0.3, 0.4) is 0 Å². The maximum absolute atomic E-state index is 11.6. The first-order chi connectivity index (χ1) is 9.08. The number of aryl methyl sites for hydroxylation is 1. The van der Waals surface area contributed by atoms with Gasteiger partial charge in [-0.2, -0.15) is 5.10 Å². The van der Waals surface area contributed by atoms with E-state index in [1.807, 2.05) is 0 Å². The van der Waals surface area contributed by atoms with E-state index in [1.54, 1.807) is 16.8 Å². The molecule has 0 atom stereocenters. The molecule has 0 fully saturated rings. The summed E-state index contributed by atoms with van der Waals surface area (Å²) in [6.07, 6.45) is 0.573. The molecule has 0 saturated carbocycles. The fourth-order valence-corrected chi connectivity index (χ4v) is 2.86. The second-order valence-corrected chi connectivity index (χ2v) is 5.09. The van der Waals surface area contributed by atoms with E-state index in [0.29, 0.717) is 28.2 Å². The van der Waals surface area contributed by atoms with Crippen molar-refractivity contribution in [2.24, 2.45) is 0 Å². The fraction of sp³-hybridized carbons (Fsp3) is 0.333. The molecule has 1 heterocycles. The summed E-state index contributed by atoms with van der Waals surface area (Å²) in [4.78, 5) is 11.6. The Balaban J connectivity index is 2.59. The third kappa shape index (κ3) is 2.75. The number of esters is 1. The van der Waals surface area contributed by atoms with Crippen LogP contribution in [0, 0.1) is 0 Å². The molecule has 2 aromatic rings. The molecule has 1 N–H and O–H groups in total. The van der Waals surface area contributed by atoms with Gasteiger partial charge in [-0.3, -0.25) is 4.68 Å². The molecule has 0 aliphatic carbocycles. The largest absolute Gasteiger partial charge is 0.465 e. The minimum absolute atomic E-state index is 0.0728. The zero-order valence-electron chi connectivity index (χ0n) is 10.2. The summed E-state index contributed by atoms with van der Waals surface area (Å²) in [5.74, 6) is -0.449. The van der Waals surface area contributed by atoms with Crippen molar-refractivity contribution in [3.63, 3.8) is 0 Å². The van der Waals surface area contributed by atoms with Gasteiger partial charge in [0.15, 0.2) is 0 Å². The third-order valence-electron chi connectivity index (χ3n) is 2.71. The predicted molar refractivity (Wildman–Crippen MR) is 75.5 cm³/mol. The van der Waals surface area contributed by atoms with Gasteiger partial charge < -0.3 is 9.84 Å². The minimum Gasteiger partial charge on any atom is -0.465 e. The summed E-state index contributed by atoms with van der Waals surface area (Å²) in [6, 6.07) is 3.24. The molecule has 0 amide bonds. The number of carbonyl (C=O) groups is 1.